The molecule has 5 atom stereocenters. The number of ether oxygens (including phenoxy) is 5. The summed E-state index contributed by atoms with van der Waals surface area (Å²) in [5.74, 6) is 2.35. The minimum atomic E-state index is -1.54. The number of hydrogen-bond donors (Lipinski definition) is 1. The molecule has 0 radical (unpaired) electrons. The Morgan fingerprint density at radius 3 is 2.15 bits per heavy atom. The number of aromatic nitrogens is 3. The van der Waals surface area contributed by atoms with E-state index in [9.17, 15) is 28.8 Å². The number of esters is 4. The molecule has 0 amide bonds. The first-order valence-corrected chi connectivity index (χ1v) is 12.0. The Labute approximate surface area is 250 Å². The van der Waals surface area contributed by atoms with Gasteiger partial charge in [-0.3, -0.25) is 33.5 Å². The van der Waals surface area contributed by atoms with Crippen molar-refractivity contribution in [3.05, 3.63) is 62.7 Å². The molecule has 1 aliphatic heterocycles. The Kier molecular flexibility index (Phi) is 11.8. The SMILES string of the molecule is CC(=O)OC[C@H]1O[C@@H](n2cc(C#Cc3ccc[n+](C)c3)c(=O)[nH]c2=O)[C@H](OC(C)=O)[C@@H](OC(C)=O)[C@@H]1OC(C)=O.[I-]. The molecular weight excluding hydrogens is 657 g/mol. The van der Waals surface area contributed by atoms with Crippen molar-refractivity contribution >= 4 is 23.9 Å². The Hall–Kier alpha value is -4.04. The van der Waals surface area contributed by atoms with Gasteiger partial charge < -0.3 is 47.7 Å². The van der Waals surface area contributed by atoms with Crippen LogP contribution in [-0.2, 0) is 49.9 Å². The average Bonchev–Trinajstić information content (AvgIpc) is 2.84. The van der Waals surface area contributed by atoms with Crippen molar-refractivity contribution in [1.29, 1.82) is 0 Å². The number of H-pyrrole nitrogens is 1. The van der Waals surface area contributed by atoms with Gasteiger partial charge >= 0.3 is 29.6 Å². The number of carbonyl (C=O) groups excluding carboxylic acids is 4. The monoisotopic (exact) mass is 685 g/mol. The van der Waals surface area contributed by atoms with E-state index in [0.717, 1.165) is 38.5 Å². The molecule has 0 saturated carbocycles. The van der Waals surface area contributed by atoms with E-state index in [1.54, 1.807) is 36.1 Å². The summed E-state index contributed by atoms with van der Waals surface area (Å²) in [7, 11) is 1.79. The second-order valence-electron chi connectivity index (χ2n) is 8.81. The van der Waals surface area contributed by atoms with Crippen molar-refractivity contribution in [2.45, 2.75) is 58.3 Å². The number of rotatable bonds is 6. The molecule has 0 bridgehead atoms. The third-order valence-corrected chi connectivity index (χ3v) is 5.49. The largest absolute Gasteiger partial charge is 1.00 e. The van der Waals surface area contributed by atoms with Crippen LogP contribution in [0, 0.1) is 11.8 Å². The number of pyridine rings is 1. The molecule has 3 heterocycles. The fourth-order valence-electron chi connectivity index (χ4n) is 3.99. The van der Waals surface area contributed by atoms with Crippen LogP contribution in [0.2, 0.25) is 0 Å². The lowest BCUT2D eigenvalue weighted by Crippen LogP contribution is -3.00. The van der Waals surface area contributed by atoms with Crippen LogP contribution in [0.3, 0.4) is 0 Å². The third-order valence-electron chi connectivity index (χ3n) is 5.49. The molecular formula is C26H28IN3O11. The van der Waals surface area contributed by atoms with Crippen LogP contribution in [0.25, 0.3) is 0 Å². The molecule has 0 unspecified atom stereocenters. The molecule has 2 aromatic rings. The maximum Gasteiger partial charge on any atom is 0.330 e. The Morgan fingerprint density at radius 1 is 0.951 bits per heavy atom. The number of halogens is 1. The predicted octanol–water partition coefficient (Wildman–Crippen LogP) is -3.98. The van der Waals surface area contributed by atoms with Crippen molar-refractivity contribution in [3.63, 3.8) is 0 Å². The van der Waals surface area contributed by atoms with E-state index >= 15 is 0 Å². The molecule has 0 aromatic carbocycles. The van der Waals surface area contributed by atoms with Gasteiger partial charge in [-0.1, -0.05) is 11.8 Å². The Bertz CT molecular complexity index is 1490. The summed E-state index contributed by atoms with van der Waals surface area (Å²) in [6.07, 6.45) is -2.67. The van der Waals surface area contributed by atoms with Gasteiger partial charge in [-0.2, -0.15) is 0 Å². The molecule has 1 fully saturated rings. The Balaban J connectivity index is 0.00000588. The maximum absolute atomic E-state index is 13.0. The number of nitrogens with zero attached hydrogens (tertiary/aromatic N) is 2. The molecule has 0 aliphatic carbocycles. The van der Waals surface area contributed by atoms with E-state index in [4.69, 9.17) is 23.7 Å². The van der Waals surface area contributed by atoms with Crippen LogP contribution < -0.4 is 39.8 Å². The van der Waals surface area contributed by atoms with E-state index in [2.05, 4.69) is 16.8 Å². The second kappa shape index (κ2) is 14.6. The summed E-state index contributed by atoms with van der Waals surface area (Å²) in [6, 6.07) is 3.48. The zero-order chi connectivity index (χ0) is 29.6. The smallest absolute Gasteiger partial charge is 0.330 e. The fourth-order valence-corrected chi connectivity index (χ4v) is 3.99. The minimum absolute atomic E-state index is 0. The predicted molar refractivity (Wildman–Crippen MR) is 132 cm³/mol. The highest BCUT2D eigenvalue weighted by Gasteiger charge is 2.53. The van der Waals surface area contributed by atoms with E-state index in [-0.39, 0.29) is 29.5 Å². The van der Waals surface area contributed by atoms with E-state index < -0.39 is 72.4 Å². The van der Waals surface area contributed by atoms with Gasteiger partial charge in [-0.25, -0.2) is 9.36 Å². The molecule has 3 rings (SSSR count). The molecule has 1 aliphatic rings. The van der Waals surface area contributed by atoms with E-state index in [1.807, 2.05) is 0 Å². The molecule has 14 nitrogen and oxygen atoms in total. The molecule has 1 saturated heterocycles. The van der Waals surface area contributed by atoms with Crippen molar-refractivity contribution in [1.82, 2.24) is 9.55 Å². The molecule has 41 heavy (non-hydrogen) atoms. The maximum atomic E-state index is 13.0. The topological polar surface area (TPSA) is 173 Å². The Morgan fingerprint density at radius 2 is 1.56 bits per heavy atom. The highest BCUT2D eigenvalue weighted by Crippen LogP contribution is 2.34. The zero-order valence-electron chi connectivity index (χ0n) is 22.7. The van der Waals surface area contributed by atoms with E-state index in [0.29, 0.717) is 5.56 Å². The summed E-state index contributed by atoms with van der Waals surface area (Å²) in [5, 5.41) is 0. The fraction of sp³-hybridized carbons (Fsp3) is 0.423. The quantitative estimate of drug-likeness (QED) is 0.103. The lowest BCUT2D eigenvalue weighted by molar-refractivity contribution is -0.671. The average molecular weight is 685 g/mol. The summed E-state index contributed by atoms with van der Waals surface area (Å²) in [5.41, 5.74) is -1.32. The number of aryl methyl sites for hydroxylation is 1. The van der Waals surface area contributed by atoms with Gasteiger partial charge in [-0.05, 0) is 6.07 Å². The second-order valence-corrected chi connectivity index (χ2v) is 8.81. The normalized spacial score (nSPS) is 21.2. The minimum Gasteiger partial charge on any atom is -1.00 e. The molecule has 1 N–H and O–H groups in total. The molecule has 0 spiro atoms. The molecule has 220 valence electrons. The summed E-state index contributed by atoms with van der Waals surface area (Å²) < 4.78 is 29.8. The van der Waals surface area contributed by atoms with Gasteiger partial charge in [-0.15, -0.1) is 0 Å². The highest BCUT2D eigenvalue weighted by atomic mass is 127. The van der Waals surface area contributed by atoms with Crippen LogP contribution in [0.1, 0.15) is 45.0 Å². The molecule has 2 aromatic heterocycles. The van der Waals surface area contributed by atoms with Crippen LogP contribution in [0.4, 0.5) is 0 Å². The van der Waals surface area contributed by atoms with Crippen LogP contribution in [0.15, 0.2) is 40.3 Å². The van der Waals surface area contributed by atoms with Gasteiger partial charge in [0.15, 0.2) is 36.9 Å². The van der Waals surface area contributed by atoms with Crippen molar-refractivity contribution in [3.8, 4) is 11.8 Å². The van der Waals surface area contributed by atoms with Crippen LogP contribution in [0.5, 0.6) is 0 Å². The molecule has 15 heteroatoms. The number of hydrogen-bond acceptors (Lipinski definition) is 11. The number of carbonyl (C=O) groups is 4. The zero-order valence-corrected chi connectivity index (χ0v) is 24.9. The summed E-state index contributed by atoms with van der Waals surface area (Å²) in [4.78, 5) is 75.2. The van der Waals surface area contributed by atoms with Gasteiger partial charge in [0.2, 0.25) is 0 Å². The lowest BCUT2D eigenvalue weighted by Gasteiger charge is -2.44. The number of nitrogens with one attached hydrogen (secondary N) is 1. The first kappa shape index (κ1) is 33.2. The summed E-state index contributed by atoms with van der Waals surface area (Å²) in [6.45, 7) is 3.89. The van der Waals surface area contributed by atoms with Gasteiger partial charge in [0.1, 0.15) is 25.3 Å². The first-order chi connectivity index (χ1) is 18.8. The number of aromatic amines is 1. The lowest BCUT2D eigenvalue weighted by atomic mass is 9.97. The highest BCUT2D eigenvalue weighted by molar-refractivity contribution is 5.68. The van der Waals surface area contributed by atoms with Crippen molar-refractivity contribution in [2.24, 2.45) is 7.05 Å². The van der Waals surface area contributed by atoms with Crippen LogP contribution in [-0.4, -0.2) is 64.5 Å². The van der Waals surface area contributed by atoms with Gasteiger partial charge in [0.25, 0.3) is 5.56 Å². The van der Waals surface area contributed by atoms with Crippen LogP contribution >= 0.6 is 0 Å². The third kappa shape index (κ3) is 8.98. The first-order valence-electron chi connectivity index (χ1n) is 12.0. The van der Waals surface area contributed by atoms with Crippen molar-refractivity contribution in [2.75, 3.05) is 6.61 Å². The van der Waals surface area contributed by atoms with Crippen molar-refractivity contribution < 1.29 is 71.4 Å². The summed E-state index contributed by atoms with van der Waals surface area (Å²) >= 11 is 0. The van der Waals surface area contributed by atoms with Gasteiger partial charge in [0.05, 0.1) is 5.56 Å². The van der Waals surface area contributed by atoms with E-state index in [1.165, 1.54) is 0 Å². The van der Waals surface area contributed by atoms with Gasteiger partial charge in [0, 0.05) is 40.0 Å². The standard InChI is InChI=1S/C26H27N3O11.HI/c1-14(30)36-13-20-21(37-15(2)31)22(38-16(3)32)23(39-17(4)33)25(40-20)29-12-19(24(34)27-26(29)35)9-8-18-7-6-10-28(5)11-18;/h6-7,10-12,20-23,25H,13H2,1-5H3;1H/t20-,21-,22+,23-,25-;/m1./s1.